The molecule has 0 radical (unpaired) electrons. The van der Waals surface area contributed by atoms with Crippen LogP contribution in [0.2, 0.25) is 0 Å². The summed E-state index contributed by atoms with van der Waals surface area (Å²) in [6.07, 6.45) is 3.29. The van der Waals surface area contributed by atoms with Crippen LogP contribution in [0.4, 0.5) is 4.39 Å². The summed E-state index contributed by atoms with van der Waals surface area (Å²) in [6.45, 7) is 8.30. The van der Waals surface area contributed by atoms with Gasteiger partial charge in [0.15, 0.2) is 5.67 Å². The fourth-order valence-electron chi connectivity index (χ4n) is 4.92. The fraction of sp³-hybridized carbons (Fsp3) is 0.567. The van der Waals surface area contributed by atoms with Crippen molar-refractivity contribution in [2.24, 2.45) is 5.41 Å². The highest BCUT2D eigenvalue weighted by molar-refractivity contribution is 7.13. The van der Waals surface area contributed by atoms with Crippen LogP contribution in [-0.2, 0) is 25.7 Å². The van der Waals surface area contributed by atoms with Crippen LogP contribution in [0.5, 0.6) is 5.75 Å². The van der Waals surface area contributed by atoms with Gasteiger partial charge in [-0.1, -0.05) is 32.9 Å². The maximum atomic E-state index is 14.4. The molecular formula is C30H39FN4O5S. The third-order valence-electron chi connectivity index (χ3n) is 7.57. The van der Waals surface area contributed by atoms with E-state index in [1.54, 1.807) is 5.51 Å². The number of amides is 3. The normalized spacial score (nSPS) is 18.5. The molecule has 1 aliphatic carbocycles. The Morgan fingerprint density at radius 1 is 1.29 bits per heavy atom. The molecule has 2 atom stereocenters. The SMILES string of the molecule is Cc1ncsc1-c1ccc(CNC(=O)[C@@H]2CCCN2C(=O)C(NC(=O)C2(F)CC2)C(C)(C)C)c(OCCCC=O)c1. The maximum absolute atomic E-state index is 14.4. The summed E-state index contributed by atoms with van der Waals surface area (Å²) in [4.78, 5) is 57.1. The zero-order chi connectivity index (χ0) is 29.8. The molecule has 1 saturated carbocycles. The van der Waals surface area contributed by atoms with Gasteiger partial charge in [0.2, 0.25) is 11.8 Å². The van der Waals surface area contributed by atoms with Gasteiger partial charge in [0.1, 0.15) is 24.1 Å². The Hall–Kier alpha value is -3.34. The van der Waals surface area contributed by atoms with Crippen LogP contribution in [0, 0.1) is 12.3 Å². The van der Waals surface area contributed by atoms with Gasteiger partial charge in [-0.15, -0.1) is 11.3 Å². The van der Waals surface area contributed by atoms with Crippen molar-refractivity contribution in [2.45, 2.75) is 90.5 Å². The molecule has 2 aliphatic rings. The summed E-state index contributed by atoms with van der Waals surface area (Å²) in [5, 5.41) is 5.59. The fourth-order valence-corrected chi connectivity index (χ4v) is 5.72. The van der Waals surface area contributed by atoms with E-state index in [1.807, 2.05) is 45.9 Å². The van der Waals surface area contributed by atoms with Gasteiger partial charge in [0, 0.05) is 25.1 Å². The molecule has 3 amide bonds. The van der Waals surface area contributed by atoms with Gasteiger partial charge in [-0.05, 0) is 56.1 Å². The Balaban J connectivity index is 1.46. The summed E-state index contributed by atoms with van der Waals surface area (Å²) in [5.74, 6) is -0.829. The van der Waals surface area contributed by atoms with Gasteiger partial charge in [0.05, 0.1) is 22.7 Å². The molecular weight excluding hydrogens is 547 g/mol. The first-order valence-electron chi connectivity index (χ1n) is 14.1. The summed E-state index contributed by atoms with van der Waals surface area (Å²) in [6, 6.07) is 4.13. The number of halogens is 1. The third kappa shape index (κ3) is 7.30. The van der Waals surface area contributed by atoms with Crippen molar-refractivity contribution < 1.29 is 28.3 Å². The van der Waals surface area contributed by atoms with E-state index >= 15 is 0 Å². The van der Waals surface area contributed by atoms with Crippen LogP contribution in [-0.4, -0.2) is 64.8 Å². The zero-order valence-electron chi connectivity index (χ0n) is 24.1. The van der Waals surface area contributed by atoms with E-state index in [0.717, 1.165) is 28.0 Å². The van der Waals surface area contributed by atoms with Crippen molar-refractivity contribution in [1.82, 2.24) is 20.5 Å². The Bertz CT molecular complexity index is 1290. The first kappa shape index (κ1) is 30.6. The van der Waals surface area contributed by atoms with Crippen molar-refractivity contribution in [2.75, 3.05) is 13.2 Å². The number of hydrogen-bond acceptors (Lipinski definition) is 7. The van der Waals surface area contributed by atoms with Crippen molar-refractivity contribution in [3.8, 4) is 16.2 Å². The second-order valence-corrected chi connectivity index (χ2v) is 12.7. The van der Waals surface area contributed by atoms with Gasteiger partial charge < -0.3 is 25.1 Å². The Labute approximate surface area is 244 Å². The standard InChI is InChI=1S/C30H39FN4O5S/c1-19-24(41-18-33-19)20-9-10-21(23(16-20)40-15-6-5-14-36)17-32-26(37)22-8-7-13-35(22)27(38)25(29(2,3)4)34-28(39)30(31)11-12-30/h9-10,14,16,18,22,25H,5-8,11-13,15,17H2,1-4H3,(H,32,37)(H,34,39)/t22-,25?/m0/s1. The number of aldehydes is 1. The number of aromatic nitrogens is 1. The number of benzene rings is 1. The number of hydrogen-bond donors (Lipinski definition) is 2. The highest BCUT2D eigenvalue weighted by Gasteiger charge is 2.53. The minimum Gasteiger partial charge on any atom is -0.493 e. The van der Waals surface area contributed by atoms with E-state index in [-0.39, 0.29) is 31.2 Å². The molecule has 2 fully saturated rings. The topological polar surface area (TPSA) is 118 Å². The van der Waals surface area contributed by atoms with E-state index in [4.69, 9.17) is 4.74 Å². The lowest BCUT2D eigenvalue weighted by Crippen LogP contribution is -2.58. The molecule has 9 nitrogen and oxygen atoms in total. The lowest BCUT2D eigenvalue weighted by atomic mass is 9.85. The average molecular weight is 587 g/mol. The zero-order valence-corrected chi connectivity index (χ0v) is 24.9. The minimum atomic E-state index is -1.90. The number of carbonyl (C=O) groups is 4. The molecule has 2 heterocycles. The van der Waals surface area contributed by atoms with Crippen molar-refractivity contribution in [3.05, 3.63) is 35.0 Å². The van der Waals surface area contributed by atoms with Gasteiger partial charge in [-0.2, -0.15) is 0 Å². The summed E-state index contributed by atoms with van der Waals surface area (Å²) in [5.41, 5.74) is 1.86. The van der Waals surface area contributed by atoms with Gasteiger partial charge in [-0.3, -0.25) is 14.4 Å². The third-order valence-corrected chi connectivity index (χ3v) is 8.55. The van der Waals surface area contributed by atoms with Crippen molar-refractivity contribution in [1.29, 1.82) is 0 Å². The average Bonchev–Trinajstić information content (AvgIpc) is 3.30. The number of thiazole rings is 1. The monoisotopic (exact) mass is 586 g/mol. The van der Waals surface area contributed by atoms with Crippen LogP contribution in [0.15, 0.2) is 23.7 Å². The van der Waals surface area contributed by atoms with E-state index in [1.165, 1.54) is 16.2 Å². The minimum absolute atomic E-state index is 0.159. The van der Waals surface area contributed by atoms with E-state index < -0.39 is 29.1 Å². The van der Waals surface area contributed by atoms with Crippen LogP contribution in [0.1, 0.15) is 70.6 Å². The molecule has 1 saturated heterocycles. The summed E-state index contributed by atoms with van der Waals surface area (Å²) in [7, 11) is 0. The van der Waals surface area contributed by atoms with E-state index in [2.05, 4.69) is 15.6 Å². The number of nitrogens with one attached hydrogen (secondary N) is 2. The lowest BCUT2D eigenvalue weighted by molar-refractivity contribution is -0.144. The largest absolute Gasteiger partial charge is 0.493 e. The number of carbonyl (C=O) groups excluding carboxylic acids is 4. The molecule has 1 unspecified atom stereocenters. The smallest absolute Gasteiger partial charge is 0.258 e. The van der Waals surface area contributed by atoms with Gasteiger partial charge >= 0.3 is 0 Å². The quantitative estimate of drug-likeness (QED) is 0.286. The van der Waals surface area contributed by atoms with Gasteiger partial charge in [0.25, 0.3) is 5.91 Å². The molecule has 1 aromatic heterocycles. The molecule has 1 aromatic carbocycles. The molecule has 41 heavy (non-hydrogen) atoms. The van der Waals surface area contributed by atoms with Crippen LogP contribution < -0.4 is 15.4 Å². The second kappa shape index (κ2) is 12.7. The second-order valence-electron chi connectivity index (χ2n) is 11.9. The van der Waals surface area contributed by atoms with Crippen molar-refractivity contribution >= 4 is 35.3 Å². The number of unbranched alkanes of at least 4 members (excludes halogenated alkanes) is 1. The predicted molar refractivity (Wildman–Crippen MR) is 154 cm³/mol. The Kier molecular flexibility index (Phi) is 9.46. The van der Waals surface area contributed by atoms with Crippen molar-refractivity contribution in [3.63, 3.8) is 0 Å². The molecule has 4 rings (SSSR count). The van der Waals surface area contributed by atoms with E-state index in [9.17, 15) is 23.6 Å². The lowest BCUT2D eigenvalue weighted by Gasteiger charge is -2.35. The number of rotatable bonds is 12. The van der Waals surface area contributed by atoms with Crippen LogP contribution in [0.25, 0.3) is 10.4 Å². The number of ether oxygens (including phenoxy) is 1. The Morgan fingerprint density at radius 2 is 2.05 bits per heavy atom. The molecule has 0 bridgehead atoms. The highest BCUT2D eigenvalue weighted by atomic mass is 32.1. The summed E-state index contributed by atoms with van der Waals surface area (Å²) >= 11 is 1.53. The molecule has 1 aliphatic heterocycles. The first-order valence-corrected chi connectivity index (χ1v) is 15.0. The molecule has 0 spiro atoms. The van der Waals surface area contributed by atoms with Gasteiger partial charge in [-0.25, -0.2) is 9.37 Å². The summed E-state index contributed by atoms with van der Waals surface area (Å²) < 4.78 is 20.4. The first-order chi connectivity index (χ1) is 19.4. The van der Waals surface area contributed by atoms with Crippen LogP contribution >= 0.6 is 11.3 Å². The number of nitrogens with zero attached hydrogens (tertiary/aromatic N) is 2. The Morgan fingerprint density at radius 3 is 2.68 bits per heavy atom. The maximum Gasteiger partial charge on any atom is 0.258 e. The molecule has 11 heteroatoms. The molecule has 2 N–H and O–H groups in total. The predicted octanol–water partition coefficient (Wildman–Crippen LogP) is 4.12. The number of alkyl halides is 1. The molecule has 2 aromatic rings. The van der Waals surface area contributed by atoms with Crippen LogP contribution in [0.3, 0.4) is 0 Å². The number of likely N-dealkylation sites (tertiary alicyclic amines) is 1. The molecule has 222 valence electrons. The highest BCUT2D eigenvalue weighted by Crippen LogP contribution is 2.40. The number of aryl methyl sites for hydroxylation is 1. The van der Waals surface area contributed by atoms with E-state index in [0.29, 0.717) is 44.6 Å².